The SMILES string of the molecule is C[Si](C)(C)OC[C@H]1O[C@H](O)[C@H](O[Si](C)(C)C)[C@@H](O[Si](C)(C)C)[C@@H]1O[Si](C)(C)C. The van der Waals surface area contributed by atoms with Crippen LogP contribution in [0, 0.1) is 0 Å². The normalized spacial score (nSPS) is 30.5. The minimum absolute atomic E-state index is 0.320. The highest BCUT2D eigenvalue weighted by molar-refractivity contribution is 6.71. The van der Waals surface area contributed by atoms with Gasteiger partial charge in [-0.15, -0.1) is 0 Å². The second-order valence-corrected chi connectivity index (χ2v) is 29.5. The van der Waals surface area contributed by atoms with Crippen LogP contribution in [0.2, 0.25) is 78.6 Å². The fourth-order valence-corrected chi connectivity index (χ4v) is 6.91. The molecular weight excluding hydrogens is 425 g/mol. The summed E-state index contributed by atoms with van der Waals surface area (Å²) in [4.78, 5) is 0. The summed E-state index contributed by atoms with van der Waals surface area (Å²) >= 11 is 0. The highest BCUT2D eigenvalue weighted by Crippen LogP contribution is 2.33. The second kappa shape index (κ2) is 9.41. The molecule has 5 atom stereocenters. The van der Waals surface area contributed by atoms with Crippen LogP contribution < -0.4 is 0 Å². The van der Waals surface area contributed by atoms with Gasteiger partial charge in [0, 0.05) is 0 Å². The molecule has 1 heterocycles. The molecule has 0 radical (unpaired) electrons. The Labute approximate surface area is 176 Å². The summed E-state index contributed by atoms with van der Waals surface area (Å²) in [5.74, 6) is 0. The van der Waals surface area contributed by atoms with Crippen LogP contribution in [0.3, 0.4) is 0 Å². The fraction of sp³-hybridized carbons (Fsp3) is 1.00. The van der Waals surface area contributed by atoms with E-state index in [1.165, 1.54) is 0 Å². The lowest BCUT2D eigenvalue weighted by Crippen LogP contribution is -2.66. The largest absolute Gasteiger partial charge is 0.415 e. The molecule has 0 aromatic carbocycles. The van der Waals surface area contributed by atoms with E-state index in [2.05, 4.69) is 78.6 Å². The number of rotatable bonds is 9. The van der Waals surface area contributed by atoms with Crippen LogP contribution in [0.1, 0.15) is 0 Å². The van der Waals surface area contributed by atoms with Gasteiger partial charge in [0.1, 0.15) is 24.4 Å². The summed E-state index contributed by atoms with van der Waals surface area (Å²) in [5.41, 5.74) is 0. The molecule has 1 aliphatic heterocycles. The van der Waals surface area contributed by atoms with Gasteiger partial charge < -0.3 is 27.5 Å². The van der Waals surface area contributed by atoms with E-state index in [1.54, 1.807) is 0 Å². The molecule has 1 fully saturated rings. The Morgan fingerprint density at radius 2 is 1.00 bits per heavy atom. The van der Waals surface area contributed by atoms with Crippen LogP contribution in [0.5, 0.6) is 0 Å². The lowest BCUT2D eigenvalue weighted by Gasteiger charge is -2.49. The molecule has 0 aromatic heterocycles. The molecule has 0 amide bonds. The van der Waals surface area contributed by atoms with E-state index in [-0.39, 0.29) is 18.3 Å². The molecule has 28 heavy (non-hydrogen) atoms. The summed E-state index contributed by atoms with van der Waals surface area (Å²) in [6, 6.07) is 0. The van der Waals surface area contributed by atoms with E-state index < -0.39 is 45.7 Å². The van der Waals surface area contributed by atoms with Crippen molar-refractivity contribution in [3.05, 3.63) is 0 Å². The van der Waals surface area contributed by atoms with Crippen molar-refractivity contribution in [2.45, 2.75) is 109 Å². The van der Waals surface area contributed by atoms with Gasteiger partial charge in [0.05, 0.1) is 6.61 Å². The van der Waals surface area contributed by atoms with Gasteiger partial charge in [-0.3, -0.25) is 0 Å². The Kier molecular flexibility index (Phi) is 8.96. The van der Waals surface area contributed by atoms with Gasteiger partial charge >= 0.3 is 0 Å². The van der Waals surface area contributed by atoms with Crippen molar-refractivity contribution < 1.29 is 27.5 Å². The minimum Gasteiger partial charge on any atom is -0.415 e. The Morgan fingerprint density at radius 1 is 0.607 bits per heavy atom. The van der Waals surface area contributed by atoms with Crippen molar-refractivity contribution in [3.63, 3.8) is 0 Å². The molecule has 168 valence electrons. The summed E-state index contributed by atoms with van der Waals surface area (Å²) < 4.78 is 31.7. The van der Waals surface area contributed by atoms with E-state index >= 15 is 0 Å². The van der Waals surface area contributed by atoms with Crippen LogP contribution >= 0.6 is 0 Å². The monoisotopic (exact) mass is 468 g/mol. The van der Waals surface area contributed by atoms with Gasteiger partial charge in [0.2, 0.25) is 0 Å². The fourth-order valence-electron chi connectivity index (χ4n) is 2.99. The van der Waals surface area contributed by atoms with Gasteiger partial charge in [-0.1, -0.05) is 0 Å². The average Bonchev–Trinajstić information content (AvgIpc) is 2.39. The van der Waals surface area contributed by atoms with Gasteiger partial charge in [0.25, 0.3) is 0 Å². The van der Waals surface area contributed by atoms with E-state index in [4.69, 9.17) is 22.4 Å². The molecule has 1 aliphatic rings. The highest BCUT2D eigenvalue weighted by atomic mass is 28.4. The number of hydrogen-bond acceptors (Lipinski definition) is 6. The summed E-state index contributed by atoms with van der Waals surface area (Å²) in [6.45, 7) is 26.1. The average molecular weight is 469 g/mol. The smallest absolute Gasteiger partial charge is 0.184 e. The van der Waals surface area contributed by atoms with Crippen molar-refractivity contribution in [3.8, 4) is 0 Å². The highest BCUT2D eigenvalue weighted by Gasteiger charge is 2.51. The van der Waals surface area contributed by atoms with Crippen LogP contribution in [0.25, 0.3) is 0 Å². The molecule has 0 saturated carbocycles. The van der Waals surface area contributed by atoms with Crippen LogP contribution in [0.15, 0.2) is 0 Å². The maximum absolute atomic E-state index is 10.8. The Balaban J connectivity index is 3.26. The maximum atomic E-state index is 10.8. The van der Waals surface area contributed by atoms with Crippen molar-refractivity contribution in [2.24, 2.45) is 0 Å². The lowest BCUT2D eigenvalue weighted by molar-refractivity contribution is -0.274. The summed E-state index contributed by atoms with van der Waals surface area (Å²) in [7, 11) is -7.50. The first-order valence-corrected chi connectivity index (χ1v) is 23.9. The lowest BCUT2D eigenvalue weighted by atomic mass is 9.99. The standard InChI is InChI=1S/C18H44O6Si4/c1-25(2,3)20-13-14-15(22-26(4,5)6)16(23-27(7,8)9)17(18(19)21-14)24-28(10,11)12/h14-19H,13H2,1-12H3/t14-,15-,16+,17-,18+/m1/s1. The number of ether oxygens (including phenoxy) is 1. The number of hydrogen-bond donors (Lipinski definition) is 1. The molecule has 1 saturated heterocycles. The molecular formula is C18H44O6Si4. The third-order valence-electron chi connectivity index (χ3n) is 3.76. The third-order valence-corrected chi connectivity index (χ3v) is 7.73. The Hall–Kier alpha value is 0.628. The molecule has 0 bridgehead atoms. The Morgan fingerprint density at radius 3 is 1.39 bits per heavy atom. The number of aliphatic hydroxyl groups excluding tert-OH is 1. The van der Waals surface area contributed by atoms with Crippen LogP contribution in [-0.2, 0) is 22.4 Å². The quantitative estimate of drug-likeness (QED) is 0.511. The molecule has 6 nitrogen and oxygen atoms in total. The zero-order valence-electron chi connectivity index (χ0n) is 20.1. The first-order chi connectivity index (χ1) is 12.3. The van der Waals surface area contributed by atoms with Gasteiger partial charge in [-0.05, 0) is 78.6 Å². The summed E-state index contributed by atoms with van der Waals surface area (Å²) in [5, 5.41) is 10.8. The molecule has 0 aliphatic carbocycles. The molecule has 10 heteroatoms. The maximum Gasteiger partial charge on any atom is 0.184 e. The van der Waals surface area contributed by atoms with Crippen molar-refractivity contribution in [1.82, 2.24) is 0 Å². The third kappa shape index (κ3) is 10.1. The molecule has 0 spiro atoms. The topological polar surface area (TPSA) is 66.4 Å². The molecule has 0 unspecified atom stereocenters. The van der Waals surface area contributed by atoms with E-state index in [0.717, 1.165) is 0 Å². The van der Waals surface area contributed by atoms with Crippen molar-refractivity contribution in [1.29, 1.82) is 0 Å². The van der Waals surface area contributed by atoms with Crippen LogP contribution in [0.4, 0.5) is 0 Å². The first kappa shape index (κ1) is 26.7. The van der Waals surface area contributed by atoms with Crippen LogP contribution in [-0.4, -0.2) is 75.7 Å². The number of aliphatic hydroxyl groups is 1. The van der Waals surface area contributed by atoms with Crippen molar-refractivity contribution in [2.75, 3.05) is 6.61 Å². The molecule has 0 aromatic rings. The van der Waals surface area contributed by atoms with E-state index in [9.17, 15) is 5.11 Å². The van der Waals surface area contributed by atoms with E-state index in [1.807, 2.05) is 0 Å². The Bertz CT molecular complexity index is 492. The molecule has 1 N–H and O–H groups in total. The zero-order chi connectivity index (χ0) is 22.1. The van der Waals surface area contributed by atoms with Crippen molar-refractivity contribution >= 4 is 33.3 Å². The predicted molar refractivity (Wildman–Crippen MR) is 125 cm³/mol. The van der Waals surface area contributed by atoms with Gasteiger partial charge in [0.15, 0.2) is 39.6 Å². The first-order valence-electron chi connectivity index (χ1n) is 10.3. The van der Waals surface area contributed by atoms with Gasteiger partial charge in [-0.2, -0.15) is 0 Å². The van der Waals surface area contributed by atoms with E-state index in [0.29, 0.717) is 6.61 Å². The second-order valence-electron chi connectivity index (χ2n) is 11.6. The minimum atomic E-state index is -1.94. The van der Waals surface area contributed by atoms with Gasteiger partial charge in [-0.25, -0.2) is 0 Å². The molecule has 1 rings (SSSR count). The summed E-state index contributed by atoms with van der Waals surface area (Å²) in [6.07, 6.45) is -2.67. The predicted octanol–water partition coefficient (Wildman–Crippen LogP) is 4.22. The zero-order valence-corrected chi connectivity index (χ0v) is 24.1.